The van der Waals surface area contributed by atoms with Crippen LogP contribution in [0.5, 0.6) is 5.75 Å². The molecule has 0 radical (unpaired) electrons. The van der Waals surface area contributed by atoms with Gasteiger partial charge in [-0.3, -0.25) is 0 Å². The van der Waals surface area contributed by atoms with Crippen LogP contribution in [0.3, 0.4) is 0 Å². The SMILES string of the molecule is C[CH2][Al]([Cl])[O]c1c(I)c(I)c(I)c(I)c1I. The summed E-state index contributed by atoms with van der Waals surface area (Å²) >= 11 is 10.2. The second-order valence-electron chi connectivity index (χ2n) is 2.84. The number of benzene rings is 1. The average Bonchev–Trinajstić information content (AvgIpc) is 2.29. The summed E-state index contributed by atoms with van der Waals surface area (Å²) in [5.41, 5.74) is 0. The molecular formula is C8H5AlClI5O. The number of halogens is 6. The number of rotatable bonds is 3. The molecule has 16 heavy (non-hydrogen) atoms. The Morgan fingerprint density at radius 3 is 1.69 bits per heavy atom. The summed E-state index contributed by atoms with van der Waals surface area (Å²) in [5.74, 6) is 0.976. The summed E-state index contributed by atoms with van der Waals surface area (Å²) in [7, 11) is 6.19. The zero-order valence-corrected chi connectivity index (χ0v) is 20.7. The van der Waals surface area contributed by atoms with Crippen molar-refractivity contribution < 1.29 is 3.79 Å². The van der Waals surface area contributed by atoms with Crippen LogP contribution in [0, 0.1) is 17.9 Å². The summed E-state index contributed by atoms with van der Waals surface area (Å²) in [6.45, 7) is 2.08. The molecule has 1 nitrogen and oxygen atoms in total. The van der Waals surface area contributed by atoms with Gasteiger partial charge in [-0.1, -0.05) is 6.92 Å². The molecule has 0 bridgehead atoms. The standard InChI is InChI=1S/C6HI5O.C2H5.Al.ClH/c7-1-2(8)4(10)6(12)5(11)3(1)9;1-2;;/h12H;1H2,2H3;;1H/q;;+2;/p-2. The minimum absolute atomic E-state index is 0.937. The molecule has 1 aromatic carbocycles. The highest BCUT2D eigenvalue weighted by atomic mass is 127. The molecule has 0 saturated carbocycles. The molecule has 0 saturated heterocycles. The molecule has 0 N–H and O–H groups in total. The van der Waals surface area contributed by atoms with Gasteiger partial charge in [0.25, 0.3) is 0 Å². The van der Waals surface area contributed by atoms with E-state index in [1.54, 1.807) is 0 Å². The second-order valence-corrected chi connectivity index (χ2v) is 11.6. The zero-order chi connectivity index (χ0) is 12.5. The van der Waals surface area contributed by atoms with Crippen molar-refractivity contribution in [2.75, 3.05) is 0 Å². The minimum atomic E-state index is -1.57. The Bertz CT molecular complexity index is 385. The molecule has 0 unspecified atom stereocenters. The summed E-state index contributed by atoms with van der Waals surface area (Å²) < 4.78 is 12.1. The Kier molecular flexibility index (Phi) is 8.84. The molecule has 8 heteroatoms. The van der Waals surface area contributed by atoms with Crippen molar-refractivity contribution in [2.45, 2.75) is 12.2 Å². The van der Waals surface area contributed by atoms with Crippen molar-refractivity contribution in [1.29, 1.82) is 0 Å². The van der Waals surface area contributed by atoms with Gasteiger partial charge >= 0.3 is 13.6 Å². The van der Waals surface area contributed by atoms with E-state index in [0.717, 1.165) is 11.0 Å². The first-order chi connectivity index (χ1) is 7.40. The molecule has 0 amide bonds. The Morgan fingerprint density at radius 2 is 1.31 bits per heavy atom. The maximum atomic E-state index is 6.19. The lowest BCUT2D eigenvalue weighted by Crippen LogP contribution is -2.15. The summed E-state index contributed by atoms with van der Waals surface area (Å²) in [5, 5.41) is 0.937. The summed E-state index contributed by atoms with van der Waals surface area (Å²) in [6.07, 6.45) is 0. The first kappa shape index (κ1) is 17.5. The maximum absolute atomic E-state index is 6.19. The molecule has 0 atom stereocenters. The molecule has 0 spiro atoms. The summed E-state index contributed by atoms with van der Waals surface area (Å²) in [4.78, 5) is 0. The molecule has 0 fully saturated rings. The Labute approximate surface area is 172 Å². The number of hydrogen-bond donors (Lipinski definition) is 0. The van der Waals surface area contributed by atoms with Crippen LogP contribution in [0.25, 0.3) is 0 Å². The van der Waals surface area contributed by atoms with Gasteiger partial charge in [0.2, 0.25) is 0 Å². The molecule has 1 rings (SSSR count). The quantitative estimate of drug-likeness (QED) is 0.162. The van der Waals surface area contributed by atoms with Crippen LogP contribution in [0.1, 0.15) is 6.92 Å². The largest absolute Gasteiger partial charge is 0.679 e. The number of hydrogen-bond acceptors (Lipinski definition) is 1. The fourth-order valence-corrected chi connectivity index (χ4v) is 7.27. The molecule has 0 aliphatic carbocycles. The lowest BCUT2D eigenvalue weighted by atomic mass is 10.3. The van der Waals surface area contributed by atoms with Gasteiger partial charge in [0.15, 0.2) is 0 Å². The molecule has 0 aliphatic heterocycles. The second kappa shape index (κ2) is 8.06. The normalized spacial score (nSPS) is 10.4. The monoisotopic (exact) mass is 814 g/mol. The fourth-order valence-electron chi connectivity index (χ4n) is 0.899. The fraction of sp³-hybridized carbons (Fsp3) is 0.250. The van der Waals surface area contributed by atoms with Crippen LogP contribution in [-0.2, 0) is 0 Å². The highest BCUT2D eigenvalue weighted by Crippen LogP contribution is 2.38. The Hall–Kier alpha value is 3.49. The van der Waals surface area contributed by atoms with Crippen molar-refractivity contribution >= 4 is 137 Å². The lowest BCUT2D eigenvalue weighted by Gasteiger charge is -2.17. The van der Waals surface area contributed by atoms with Crippen LogP contribution < -0.4 is 3.79 Å². The highest BCUT2D eigenvalue weighted by Gasteiger charge is 2.24. The van der Waals surface area contributed by atoms with Gasteiger partial charge in [-0.05, 0) is 118 Å². The zero-order valence-electron chi connectivity index (χ0n) is 7.96. The van der Waals surface area contributed by atoms with Crippen molar-refractivity contribution in [2.24, 2.45) is 0 Å². The van der Waals surface area contributed by atoms with Crippen molar-refractivity contribution in [3.63, 3.8) is 0 Å². The van der Waals surface area contributed by atoms with E-state index in [2.05, 4.69) is 120 Å². The molecule has 88 valence electrons. The van der Waals surface area contributed by atoms with Gasteiger partial charge in [-0.2, -0.15) is 0 Å². The van der Waals surface area contributed by atoms with Crippen molar-refractivity contribution in [3.05, 3.63) is 17.9 Å². The van der Waals surface area contributed by atoms with E-state index in [-0.39, 0.29) is 0 Å². The third-order valence-corrected chi connectivity index (χ3v) is 13.5. The third kappa shape index (κ3) is 4.24. The van der Waals surface area contributed by atoms with Crippen LogP contribution in [0.2, 0.25) is 5.28 Å². The topological polar surface area (TPSA) is 9.23 Å². The van der Waals surface area contributed by atoms with Crippen molar-refractivity contribution in [1.82, 2.24) is 0 Å². The third-order valence-electron chi connectivity index (χ3n) is 1.74. The Morgan fingerprint density at radius 1 is 0.938 bits per heavy atom. The molecule has 0 heterocycles. The molecule has 0 aliphatic rings. The van der Waals surface area contributed by atoms with E-state index in [9.17, 15) is 0 Å². The van der Waals surface area contributed by atoms with Crippen LogP contribution >= 0.6 is 123 Å². The van der Waals surface area contributed by atoms with E-state index < -0.39 is 13.6 Å². The lowest BCUT2D eigenvalue weighted by molar-refractivity contribution is 0.575. The van der Waals surface area contributed by atoms with Crippen LogP contribution in [0.4, 0.5) is 0 Å². The van der Waals surface area contributed by atoms with Gasteiger partial charge in [0.05, 0.1) is 7.14 Å². The van der Waals surface area contributed by atoms with E-state index in [1.807, 2.05) is 0 Å². The molecular weight excluding hydrogens is 809 g/mol. The van der Waals surface area contributed by atoms with Gasteiger partial charge < -0.3 is 3.79 Å². The predicted octanol–water partition coefficient (Wildman–Crippen LogP) is 5.84. The molecule has 1 aromatic rings. The molecule has 0 aromatic heterocycles. The maximum Gasteiger partial charge on any atom is 0.679 e. The van der Waals surface area contributed by atoms with E-state index in [4.69, 9.17) is 13.8 Å². The Balaban J connectivity index is 3.28. The van der Waals surface area contributed by atoms with Crippen LogP contribution in [-0.4, -0.2) is 13.6 Å². The average molecular weight is 814 g/mol. The van der Waals surface area contributed by atoms with E-state index in [1.165, 1.54) is 17.9 Å². The smallest absolute Gasteiger partial charge is 0.630 e. The van der Waals surface area contributed by atoms with Gasteiger partial charge in [0.1, 0.15) is 5.75 Å². The van der Waals surface area contributed by atoms with E-state index in [0.29, 0.717) is 0 Å². The van der Waals surface area contributed by atoms with Gasteiger partial charge in [0, 0.05) is 10.7 Å². The highest BCUT2D eigenvalue weighted by molar-refractivity contribution is 14.1. The van der Waals surface area contributed by atoms with E-state index >= 15 is 0 Å². The summed E-state index contributed by atoms with van der Waals surface area (Å²) in [6, 6.07) is 0. The van der Waals surface area contributed by atoms with Crippen molar-refractivity contribution in [3.8, 4) is 5.75 Å². The first-order valence-corrected chi connectivity index (χ1v) is 12.6. The first-order valence-electron chi connectivity index (χ1n) is 4.22. The van der Waals surface area contributed by atoms with Crippen LogP contribution in [0.15, 0.2) is 0 Å². The van der Waals surface area contributed by atoms with Gasteiger partial charge in [-0.25, -0.2) is 10.0 Å². The van der Waals surface area contributed by atoms with Gasteiger partial charge in [-0.15, -0.1) is 0 Å². The predicted molar refractivity (Wildman–Crippen MR) is 113 cm³/mol. The minimum Gasteiger partial charge on any atom is -0.630 e.